The molecule has 0 spiro atoms. The van der Waals surface area contributed by atoms with Gasteiger partial charge in [-0.25, -0.2) is 8.42 Å². The zero-order chi connectivity index (χ0) is 28.6. The third-order valence-electron chi connectivity index (χ3n) is 6.19. The quantitative estimate of drug-likeness (QED) is 0.365. The van der Waals surface area contributed by atoms with Gasteiger partial charge >= 0.3 is 0 Å². The highest BCUT2D eigenvalue weighted by molar-refractivity contribution is 7.92. The molecule has 0 aliphatic carbocycles. The number of carbonyl (C=O) groups excluding carboxylic acids is 2. The third-order valence-corrected chi connectivity index (χ3v) is 7.96. The number of ether oxygens (including phenoxy) is 3. The van der Waals surface area contributed by atoms with E-state index in [9.17, 15) is 18.0 Å². The summed E-state index contributed by atoms with van der Waals surface area (Å²) in [6, 6.07) is 18.7. The lowest BCUT2D eigenvalue weighted by Gasteiger charge is -2.31. The molecule has 0 aliphatic heterocycles. The summed E-state index contributed by atoms with van der Waals surface area (Å²) in [7, 11) is 1.65. The maximum absolute atomic E-state index is 13.9. The number of anilines is 1. The second-order valence-corrected chi connectivity index (χ2v) is 10.4. The molecule has 10 nitrogen and oxygen atoms in total. The molecule has 0 unspecified atom stereocenters. The van der Waals surface area contributed by atoms with Crippen molar-refractivity contribution in [2.24, 2.45) is 0 Å². The summed E-state index contributed by atoms with van der Waals surface area (Å²) in [5.41, 5.74) is 1.03. The van der Waals surface area contributed by atoms with Crippen molar-refractivity contribution in [3.8, 4) is 17.2 Å². The molecule has 3 aromatic carbocycles. The fourth-order valence-corrected chi connectivity index (χ4v) is 5.38. The normalized spacial score (nSPS) is 11.7. The van der Waals surface area contributed by atoms with E-state index in [2.05, 4.69) is 5.32 Å². The molecule has 3 rings (SSSR count). The van der Waals surface area contributed by atoms with Crippen molar-refractivity contribution in [3.05, 3.63) is 78.4 Å². The number of nitrogens with one attached hydrogen (secondary N) is 1. The predicted molar refractivity (Wildman–Crippen MR) is 148 cm³/mol. The summed E-state index contributed by atoms with van der Waals surface area (Å²) in [5, 5.41) is 2.56. The van der Waals surface area contributed by atoms with Crippen molar-refractivity contribution in [2.45, 2.75) is 24.4 Å². The van der Waals surface area contributed by atoms with Crippen LogP contribution in [0.1, 0.15) is 12.5 Å². The van der Waals surface area contributed by atoms with Crippen molar-refractivity contribution in [2.75, 3.05) is 39.2 Å². The molecule has 0 saturated carbocycles. The van der Waals surface area contributed by atoms with Gasteiger partial charge in [0.1, 0.15) is 18.3 Å². The van der Waals surface area contributed by atoms with Crippen LogP contribution in [-0.4, -0.2) is 66.1 Å². The monoisotopic (exact) mass is 555 g/mol. The van der Waals surface area contributed by atoms with E-state index in [-0.39, 0.29) is 28.8 Å². The first-order valence-electron chi connectivity index (χ1n) is 12.1. The van der Waals surface area contributed by atoms with E-state index in [4.69, 9.17) is 14.2 Å². The number of amides is 2. The van der Waals surface area contributed by atoms with Crippen LogP contribution in [0.5, 0.6) is 17.2 Å². The molecule has 0 aliphatic rings. The van der Waals surface area contributed by atoms with Gasteiger partial charge in [-0.3, -0.25) is 13.9 Å². The van der Waals surface area contributed by atoms with Gasteiger partial charge in [-0.05, 0) is 48.9 Å². The van der Waals surface area contributed by atoms with Crippen LogP contribution in [0.25, 0.3) is 0 Å². The van der Waals surface area contributed by atoms with Gasteiger partial charge in [0.05, 0.1) is 31.9 Å². The van der Waals surface area contributed by atoms with Crippen molar-refractivity contribution in [3.63, 3.8) is 0 Å². The Morgan fingerprint density at radius 1 is 0.872 bits per heavy atom. The summed E-state index contributed by atoms with van der Waals surface area (Å²) in [6.07, 6.45) is 0. The molecule has 0 fully saturated rings. The fourth-order valence-electron chi connectivity index (χ4n) is 3.95. The third kappa shape index (κ3) is 6.80. The zero-order valence-corrected chi connectivity index (χ0v) is 23.4. The number of para-hydroxylation sites is 1. The summed E-state index contributed by atoms with van der Waals surface area (Å²) in [5.74, 6) is 0.295. The highest BCUT2D eigenvalue weighted by Crippen LogP contribution is 2.32. The van der Waals surface area contributed by atoms with E-state index in [1.807, 2.05) is 0 Å². The van der Waals surface area contributed by atoms with Crippen molar-refractivity contribution >= 4 is 27.5 Å². The molecule has 11 heteroatoms. The number of carbonyl (C=O) groups is 2. The van der Waals surface area contributed by atoms with E-state index in [1.54, 1.807) is 68.6 Å². The topological polar surface area (TPSA) is 114 Å². The van der Waals surface area contributed by atoms with Crippen molar-refractivity contribution in [1.82, 2.24) is 10.2 Å². The van der Waals surface area contributed by atoms with E-state index < -0.39 is 28.5 Å². The Morgan fingerprint density at radius 2 is 1.51 bits per heavy atom. The summed E-state index contributed by atoms with van der Waals surface area (Å²) in [4.78, 5) is 27.6. The summed E-state index contributed by atoms with van der Waals surface area (Å²) < 4.78 is 44.6. The summed E-state index contributed by atoms with van der Waals surface area (Å²) >= 11 is 0. The highest BCUT2D eigenvalue weighted by atomic mass is 32.2. The Labute approximate surface area is 229 Å². The Hall–Kier alpha value is -4.25. The lowest BCUT2D eigenvalue weighted by Crippen LogP contribution is -2.50. The van der Waals surface area contributed by atoms with Crippen LogP contribution in [0.15, 0.2) is 77.7 Å². The fraction of sp³-hybridized carbons (Fsp3) is 0.286. The van der Waals surface area contributed by atoms with Crippen LogP contribution >= 0.6 is 0 Å². The molecule has 0 aromatic heterocycles. The highest BCUT2D eigenvalue weighted by Gasteiger charge is 2.32. The number of rotatable bonds is 12. The van der Waals surface area contributed by atoms with Gasteiger partial charge in [0.2, 0.25) is 11.8 Å². The molecule has 1 atom stereocenters. The van der Waals surface area contributed by atoms with Crippen molar-refractivity contribution < 1.29 is 32.2 Å². The van der Waals surface area contributed by atoms with Gasteiger partial charge in [0.25, 0.3) is 10.0 Å². The SMILES string of the molecule is CNC(=O)[C@@H](C)N(Cc1ccc(OC)cc1)C(=O)CN(c1ccccc1)S(=O)(=O)c1ccc(OC)c(OC)c1. The van der Waals surface area contributed by atoms with Gasteiger partial charge in [-0.2, -0.15) is 0 Å². The Kier molecular flexibility index (Phi) is 9.78. The molecule has 0 saturated heterocycles. The molecule has 39 heavy (non-hydrogen) atoms. The van der Waals surface area contributed by atoms with Crippen LogP contribution in [0.4, 0.5) is 5.69 Å². The minimum absolute atomic E-state index is 0.0798. The smallest absolute Gasteiger partial charge is 0.264 e. The number of likely N-dealkylation sites (N-methyl/N-ethyl adjacent to an activating group) is 1. The lowest BCUT2D eigenvalue weighted by molar-refractivity contribution is -0.139. The largest absolute Gasteiger partial charge is 0.497 e. The molecule has 0 radical (unpaired) electrons. The second-order valence-electron chi connectivity index (χ2n) is 8.52. The average Bonchev–Trinajstić information content (AvgIpc) is 2.97. The van der Waals surface area contributed by atoms with Crippen LogP contribution in [0, 0.1) is 0 Å². The van der Waals surface area contributed by atoms with E-state index in [0.717, 1.165) is 9.87 Å². The molecule has 208 valence electrons. The Balaban J connectivity index is 2.03. The summed E-state index contributed by atoms with van der Waals surface area (Å²) in [6.45, 7) is 1.13. The predicted octanol–water partition coefficient (Wildman–Crippen LogP) is 3.07. The maximum Gasteiger partial charge on any atom is 0.264 e. The Bertz CT molecular complexity index is 1380. The number of benzene rings is 3. The molecule has 2 amide bonds. The van der Waals surface area contributed by atoms with Gasteiger partial charge in [0.15, 0.2) is 11.5 Å². The van der Waals surface area contributed by atoms with Crippen LogP contribution in [-0.2, 0) is 26.2 Å². The number of hydrogen-bond acceptors (Lipinski definition) is 7. The molecule has 3 aromatic rings. The minimum Gasteiger partial charge on any atom is -0.497 e. The van der Waals surface area contributed by atoms with Gasteiger partial charge in [-0.15, -0.1) is 0 Å². The van der Waals surface area contributed by atoms with Gasteiger partial charge < -0.3 is 24.4 Å². The second kappa shape index (κ2) is 13.0. The molecule has 1 N–H and O–H groups in total. The standard InChI is InChI=1S/C28H33N3O7S/c1-20(28(33)29-2)30(18-21-11-13-23(36-3)14-12-21)27(32)19-31(22-9-7-6-8-10-22)39(34,35)24-15-16-25(37-4)26(17-24)38-5/h6-17,20H,18-19H2,1-5H3,(H,29,33)/t20-/m1/s1. The average molecular weight is 556 g/mol. The first kappa shape index (κ1) is 29.3. The van der Waals surface area contributed by atoms with E-state index in [1.165, 1.54) is 44.4 Å². The van der Waals surface area contributed by atoms with E-state index in [0.29, 0.717) is 11.5 Å². The molecular formula is C28H33N3O7S. The maximum atomic E-state index is 13.9. The number of methoxy groups -OCH3 is 3. The zero-order valence-electron chi connectivity index (χ0n) is 22.6. The van der Waals surface area contributed by atoms with Crippen LogP contribution in [0.2, 0.25) is 0 Å². The van der Waals surface area contributed by atoms with Gasteiger partial charge in [0, 0.05) is 19.7 Å². The van der Waals surface area contributed by atoms with Crippen LogP contribution in [0.3, 0.4) is 0 Å². The first-order valence-corrected chi connectivity index (χ1v) is 13.5. The number of sulfonamides is 1. The minimum atomic E-state index is -4.24. The lowest BCUT2D eigenvalue weighted by atomic mass is 10.1. The first-order chi connectivity index (χ1) is 18.7. The number of hydrogen-bond donors (Lipinski definition) is 1. The molecule has 0 bridgehead atoms. The Morgan fingerprint density at radius 3 is 2.08 bits per heavy atom. The van der Waals surface area contributed by atoms with Crippen molar-refractivity contribution in [1.29, 1.82) is 0 Å². The number of nitrogens with zero attached hydrogens (tertiary/aromatic N) is 2. The van der Waals surface area contributed by atoms with Crippen LogP contribution < -0.4 is 23.8 Å². The van der Waals surface area contributed by atoms with Gasteiger partial charge in [-0.1, -0.05) is 30.3 Å². The van der Waals surface area contributed by atoms with E-state index >= 15 is 0 Å². The molecule has 0 heterocycles. The molecular weight excluding hydrogens is 522 g/mol.